The smallest absolute Gasteiger partial charge is 0.287 e. The van der Waals surface area contributed by atoms with Crippen molar-refractivity contribution in [3.63, 3.8) is 0 Å². The molecule has 0 aliphatic rings. The van der Waals surface area contributed by atoms with Crippen LogP contribution in [0, 0.1) is 10.1 Å². The first-order chi connectivity index (χ1) is 12.0. The first kappa shape index (κ1) is 18.1. The molecule has 0 radical (unpaired) electrons. The van der Waals surface area contributed by atoms with Crippen molar-refractivity contribution in [1.82, 2.24) is 10.4 Å². The van der Waals surface area contributed by atoms with Crippen molar-refractivity contribution in [1.29, 1.82) is 0 Å². The van der Waals surface area contributed by atoms with E-state index in [1.165, 1.54) is 31.7 Å². The average molecular weight is 361 g/mol. The van der Waals surface area contributed by atoms with Crippen molar-refractivity contribution < 1.29 is 14.4 Å². The highest BCUT2D eigenvalue weighted by Crippen LogP contribution is 2.28. The van der Waals surface area contributed by atoms with E-state index in [1.54, 1.807) is 18.2 Å². The predicted octanol–water partition coefficient (Wildman–Crippen LogP) is 1.74. The summed E-state index contributed by atoms with van der Waals surface area (Å²) < 4.78 is 10.9. The minimum Gasteiger partial charge on any atom is -0.493 e. The van der Waals surface area contributed by atoms with Crippen molar-refractivity contribution in [2.75, 3.05) is 7.11 Å². The van der Waals surface area contributed by atoms with Crippen LogP contribution < -0.4 is 20.6 Å². The minimum absolute atomic E-state index is 0.0683. The van der Waals surface area contributed by atoms with E-state index in [9.17, 15) is 10.1 Å². The fraction of sp³-hybridized carbons (Fsp3) is 0.133. The number of benzene rings is 1. The van der Waals surface area contributed by atoms with Gasteiger partial charge in [-0.3, -0.25) is 20.5 Å². The molecule has 10 heteroatoms. The van der Waals surface area contributed by atoms with Crippen molar-refractivity contribution in [2.45, 2.75) is 6.61 Å². The van der Waals surface area contributed by atoms with Gasteiger partial charge in [-0.15, -0.1) is 0 Å². The van der Waals surface area contributed by atoms with Gasteiger partial charge in [-0.2, -0.15) is 5.10 Å². The van der Waals surface area contributed by atoms with Gasteiger partial charge in [-0.25, -0.2) is 0 Å². The molecule has 0 saturated heterocycles. The summed E-state index contributed by atoms with van der Waals surface area (Å²) in [6.45, 7) is 0.144. The number of ether oxygens (including phenoxy) is 2. The van der Waals surface area contributed by atoms with Gasteiger partial charge in [0.05, 0.1) is 23.9 Å². The van der Waals surface area contributed by atoms with Gasteiger partial charge in [0.1, 0.15) is 12.8 Å². The maximum atomic E-state index is 10.6. The number of pyridine rings is 1. The van der Waals surface area contributed by atoms with E-state index in [1.807, 2.05) is 0 Å². The van der Waals surface area contributed by atoms with Crippen molar-refractivity contribution >= 4 is 29.2 Å². The molecule has 0 amide bonds. The second-order valence-corrected chi connectivity index (χ2v) is 5.14. The van der Waals surface area contributed by atoms with Crippen LogP contribution in [0.4, 0.5) is 5.69 Å². The van der Waals surface area contributed by atoms with Gasteiger partial charge in [0, 0.05) is 6.07 Å². The van der Waals surface area contributed by atoms with Crippen LogP contribution in [0.3, 0.4) is 0 Å². The molecule has 2 rings (SSSR count). The average Bonchev–Trinajstić information content (AvgIpc) is 2.60. The lowest BCUT2D eigenvalue weighted by Crippen LogP contribution is -2.23. The highest BCUT2D eigenvalue weighted by atomic mass is 32.1. The molecule has 0 aliphatic heterocycles. The molecule has 0 bridgehead atoms. The van der Waals surface area contributed by atoms with E-state index in [4.69, 9.17) is 15.2 Å². The number of nitrogens with two attached hydrogens (primary N) is 1. The zero-order valence-corrected chi connectivity index (χ0v) is 14.0. The van der Waals surface area contributed by atoms with Crippen LogP contribution >= 0.6 is 12.2 Å². The topological polar surface area (TPSA) is 125 Å². The van der Waals surface area contributed by atoms with Gasteiger partial charge in [0.25, 0.3) is 5.69 Å². The van der Waals surface area contributed by atoms with Crippen LogP contribution in [-0.2, 0) is 6.61 Å². The van der Waals surface area contributed by atoms with E-state index in [2.05, 4.69) is 27.7 Å². The second-order valence-electron chi connectivity index (χ2n) is 4.70. The van der Waals surface area contributed by atoms with Crippen LogP contribution in [0.2, 0.25) is 0 Å². The molecule has 25 heavy (non-hydrogen) atoms. The molecule has 0 fully saturated rings. The SMILES string of the molecule is COc1cc(/C=N/NC(N)=S)ccc1OCc1ccc([N+](=O)[O-])cn1. The number of methoxy groups -OCH3 is 1. The van der Waals surface area contributed by atoms with Crippen molar-refractivity contribution in [3.05, 3.63) is 57.9 Å². The summed E-state index contributed by atoms with van der Waals surface area (Å²) in [6.07, 6.45) is 2.72. The van der Waals surface area contributed by atoms with Gasteiger partial charge in [-0.05, 0) is 42.0 Å². The van der Waals surface area contributed by atoms with Gasteiger partial charge >= 0.3 is 0 Å². The number of thiocarbonyl (C=S) groups is 1. The molecule has 9 nitrogen and oxygen atoms in total. The maximum Gasteiger partial charge on any atom is 0.287 e. The molecular weight excluding hydrogens is 346 g/mol. The highest BCUT2D eigenvalue weighted by Gasteiger charge is 2.08. The van der Waals surface area contributed by atoms with E-state index in [-0.39, 0.29) is 17.4 Å². The number of rotatable bonds is 7. The Bertz CT molecular complexity index is 795. The zero-order valence-electron chi connectivity index (χ0n) is 13.2. The quantitative estimate of drug-likeness (QED) is 0.331. The van der Waals surface area contributed by atoms with Crippen LogP contribution in [0.15, 0.2) is 41.6 Å². The third-order valence-electron chi connectivity index (χ3n) is 2.97. The summed E-state index contributed by atoms with van der Waals surface area (Å²) in [6, 6.07) is 8.12. The lowest BCUT2D eigenvalue weighted by molar-refractivity contribution is -0.385. The Morgan fingerprint density at radius 3 is 2.84 bits per heavy atom. The maximum absolute atomic E-state index is 10.6. The Morgan fingerprint density at radius 2 is 2.24 bits per heavy atom. The number of nitro groups is 1. The highest BCUT2D eigenvalue weighted by molar-refractivity contribution is 7.80. The molecule has 1 aromatic heterocycles. The molecule has 3 N–H and O–H groups in total. The Hall–Kier alpha value is -3.27. The van der Waals surface area contributed by atoms with Gasteiger partial charge < -0.3 is 15.2 Å². The molecule has 130 valence electrons. The molecule has 0 saturated carbocycles. The number of hydrogen-bond acceptors (Lipinski definition) is 7. The second kappa shape index (κ2) is 8.55. The Morgan fingerprint density at radius 1 is 1.44 bits per heavy atom. The van der Waals surface area contributed by atoms with Gasteiger partial charge in [0.2, 0.25) is 0 Å². The van der Waals surface area contributed by atoms with Crippen molar-refractivity contribution in [3.8, 4) is 11.5 Å². The molecule has 0 unspecified atom stereocenters. The summed E-state index contributed by atoms with van der Waals surface area (Å²) in [5.74, 6) is 1.00. The number of aromatic nitrogens is 1. The normalized spacial score (nSPS) is 10.4. The standard InChI is InChI=1S/C15H15N5O4S/c1-23-14-6-10(7-18-19-15(16)25)2-5-13(14)24-9-11-3-4-12(8-17-11)20(21)22/h2-8H,9H2,1H3,(H3,16,19,25)/b18-7+. The molecule has 0 spiro atoms. The third kappa shape index (κ3) is 5.39. The fourth-order valence-electron chi connectivity index (χ4n) is 1.82. The molecule has 0 atom stereocenters. The number of nitrogens with zero attached hydrogens (tertiary/aromatic N) is 3. The lowest BCUT2D eigenvalue weighted by Gasteiger charge is -2.11. The zero-order chi connectivity index (χ0) is 18.2. The number of hydrogen-bond donors (Lipinski definition) is 2. The minimum atomic E-state index is -0.507. The summed E-state index contributed by atoms with van der Waals surface area (Å²) in [7, 11) is 1.51. The molecule has 2 aromatic rings. The van der Waals surface area contributed by atoms with Gasteiger partial charge in [-0.1, -0.05) is 0 Å². The number of nitrogens with one attached hydrogen (secondary N) is 1. The Labute approximate surface area is 148 Å². The van der Waals surface area contributed by atoms with E-state index < -0.39 is 4.92 Å². The molecule has 1 heterocycles. The Balaban J connectivity index is 2.04. The first-order valence-corrected chi connectivity index (χ1v) is 7.39. The molecular formula is C15H15N5O4S. The summed E-state index contributed by atoms with van der Waals surface area (Å²) in [4.78, 5) is 14.1. The largest absolute Gasteiger partial charge is 0.493 e. The molecule has 1 aromatic carbocycles. The van der Waals surface area contributed by atoms with Crippen LogP contribution in [-0.4, -0.2) is 28.3 Å². The summed E-state index contributed by atoms with van der Waals surface area (Å²) in [5.41, 5.74) is 8.96. The van der Waals surface area contributed by atoms with E-state index in [0.717, 1.165) is 5.56 Å². The third-order valence-corrected chi connectivity index (χ3v) is 3.06. The molecule has 0 aliphatic carbocycles. The lowest BCUT2D eigenvalue weighted by atomic mass is 10.2. The Kier molecular flexibility index (Phi) is 6.18. The first-order valence-electron chi connectivity index (χ1n) is 6.98. The van der Waals surface area contributed by atoms with E-state index in [0.29, 0.717) is 17.2 Å². The summed E-state index contributed by atoms with van der Waals surface area (Å²) in [5, 5.41) is 14.5. The van der Waals surface area contributed by atoms with Gasteiger partial charge in [0.15, 0.2) is 16.6 Å². The predicted molar refractivity (Wildman–Crippen MR) is 95.7 cm³/mol. The summed E-state index contributed by atoms with van der Waals surface area (Å²) >= 11 is 4.65. The van der Waals surface area contributed by atoms with E-state index >= 15 is 0 Å². The number of hydrazone groups is 1. The monoisotopic (exact) mass is 361 g/mol. The van der Waals surface area contributed by atoms with Crippen molar-refractivity contribution in [2.24, 2.45) is 10.8 Å². The van der Waals surface area contributed by atoms with Crippen LogP contribution in [0.1, 0.15) is 11.3 Å². The fourth-order valence-corrected chi connectivity index (χ4v) is 1.87. The van der Waals surface area contributed by atoms with Crippen LogP contribution in [0.5, 0.6) is 11.5 Å². The van der Waals surface area contributed by atoms with Crippen LogP contribution in [0.25, 0.3) is 0 Å².